The van der Waals surface area contributed by atoms with Crippen LogP contribution in [0.5, 0.6) is 5.75 Å². The number of anilines is 2. The van der Waals surface area contributed by atoms with Gasteiger partial charge in [0.15, 0.2) is 6.10 Å². The molecule has 34 heavy (non-hydrogen) atoms. The summed E-state index contributed by atoms with van der Waals surface area (Å²) in [5.41, 5.74) is 3.92. The smallest absolute Gasteiger partial charge is 0.267 e. The van der Waals surface area contributed by atoms with Crippen LogP contribution in [0.1, 0.15) is 37.5 Å². The maximum Gasteiger partial charge on any atom is 0.267 e. The van der Waals surface area contributed by atoms with Crippen LogP contribution in [-0.4, -0.2) is 27.0 Å². The molecule has 0 bridgehead atoms. The van der Waals surface area contributed by atoms with Gasteiger partial charge in [0.1, 0.15) is 5.75 Å². The maximum atomic E-state index is 13.7. The standard InChI is InChI=1S/C27H30N2O4S/c1-18-13-19(2)15-21(14-18)28-26(30)25-17-29(34(31,32)22-9-7-6-8-10-22)23-16-20(27(3,4)5)11-12-24(23)33-25/h6-16,25H,17H2,1-5H3,(H,28,30). The lowest BCUT2D eigenvalue weighted by Crippen LogP contribution is -2.49. The summed E-state index contributed by atoms with van der Waals surface area (Å²) < 4.78 is 34.7. The number of sulfonamides is 1. The van der Waals surface area contributed by atoms with E-state index in [1.54, 1.807) is 36.4 Å². The molecule has 1 aliphatic heterocycles. The van der Waals surface area contributed by atoms with Gasteiger partial charge in [-0.3, -0.25) is 9.10 Å². The summed E-state index contributed by atoms with van der Waals surface area (Å²) in [7, 11) is -3.92. The van der Waals surface area contributed by atoms with Crippen molar-refractivity contribution in [1.29, 1.82) is 0 Å². The predicted octanol–water partition coefficient (Wildman–Crippen LogP) is 5.20. The summed E-state index contributed by atoms with van der Waals surface area (Å²) in [6.45, 7) is 9.97. The first-order chi connectivity index (χ1) is 15.9. The van der Waals surface area contributed by atoms with E-state index in [4.69, 9.17) is 4.74 Å². The zero-order chi connectivity index (χ0) is 24.7. The van der Waals surface area contributed by atoms with Crippen molar-refractivity contribution < 1.29 is 17.9 Å². The number of amides is 1. The molecule has 0 spiro atoms. The van der Waals surface area contributed by atoms with Crippen LogP contribution >= 0.6 is 0 Å². The van der Waals surface area contributed by atoms with Crippen molar-refractivity contribution in [3.63, 3.8) is 0 Å². The minimum atomic E-state index is -3.92. The first-order valence-corrected chi connectivity index (χ1v) is 12.7. The minimum absolute atomic E-state index is 0.131. The number of carbonyl (C=O) groups is 1. The molecule has 1 aliphatic rings. The van der Waals surface area contributed by atoms with Gasteiger partial charge in [-0.25, -0.2) is 8.42 Å². The third-order valence-electron chi connectivity index (χ3n) is 5.81. The number of fused-ring (bicyclic) bond motifs is 1. The van der Waals surface area contributed by atoms with Crippen molar-refractivity contribution >= 4 is 27.3 Å². The third-order valence-corrected chi connectivity index (χ3v) is 7.60. The Kier molecular flexibility index (Phi) is 6.16. The van der Waals surface area contributed by atoms with Crippen LogP contribution in [0.4, 0.5) is 11.4 Å². The molecule has 1 amide bonds. The zero-order valence-corrected chi connectivity index (χ0v) is 20.9. The van der Waals surface area contributed by atoms with Gasteiger partial charge in [0.25, 0.3) is 15.9 Å². The number of benzene rings is 3. The third kappa shape index (κ3) is 4.80. The second kappa shape index (κ2) is 8.80. The normalized spacial score (nSPS) is 15.9. The van der Waals surface area contributed by atoms with Crippen LogP contribution in [0.25, 0.3) is 0 Å². The number of hydrogen-bond acceptors (Lipinski definition) is 4. The van der Waals surface area contributed by atoms with E-state index in [9.17, 15) is 13.2 Å². The molecule has 1 unspecified atom stereocenters. The molecular weight excluding hydrogens is 448 g/mol. The van der Waals surface area contributed by atoms with Crippen LogP contribution in [0.3, 0.4) is 0 Å². The van der Waals surface area contributed by atoms with Gasteiger partial charge in [-0.2, -0.15) is 0 Å². The summed E-state index contributed by atoms with van der Waals surface area (Å²) in [6.07, 6.45) is -1.01. The van der Waals surface area contributed by atoms with Gasteiger partial charge in [0.2, 0.25) is 0 Å². The van der Waals surface area contributed by atoms with E-state index in [2.05, 4.69) is 26.1 Å². The van der Waals surface area contributed by atoms with Gasteiger partial charge in [0, 0.05) is 5.69 Å². The summed E-state index contributed by atoms with van der Waals surface area (Å²) >= 11 is 0. The average Bonchev–Trinajstić information content (AvgIpc) is 2.77. The Hall–Kier alpha value is -3.32. The summed E-state index contributed by atoms with van der Waals surface area (Å²) in [6, 6.07) is 19.5. The molecule has 178 valence electrons. The van der Waals surface area contributed by atoms with Crippen molar-refractivity contribution in [1.82, 2.24) is 0 Å². The van der Waals surface area contributed by atoms with E-state index >= 15 is 0 Å². The molecule has 1 heterocycles. The fourth-order valence-electron chi connectivity index (χ4n) is 4.07. The molecule has 1 N–H and O–H groups in total. The molecule has 0 aromatic heterocycles. The lowest BCUT2D eigenvalue weighted by atomic mass is 9.86. The lowest BCUT2D eigenvalue weighted by molar-refractivity contribution is -0.122. The highest BCUT2D eigenvalue weighted by atomic mass is 32.2. The molecule has 0 aliphatic carbocycles. The van der Waals surface area contributed by atoms with Gasteiger partial charge < -0.3 is 10.1 Å². The summed E-state index contributed by atoms with van der Waals surface area (Å²) in [5.74, 6) is -0.0388. The van der Waals surface area contributed by atoms with Gasteiger partial charge >= 0.3 is 0 Å². The SMILES string of the molecule is Cc1cc(C)cc(NC(=O)C2CN(S(=O)(=O)c3ccccc3)c3cc(C(C)(C)C)ccc3O2)c1. The Labute approximate surface area is 201 Å². The number of nitrogens with zero attached hydrogens (tertiary/aromatic N) is 1. The second-order valence-corrected chi connectivity index (χ2v) is 11.6. The number of aryl methyl sites for hydroxylation is 2. The Bertz CT molecular complexity index is 1310. The Morgan fingerprint density at radius 2 is 1.62 bits per heavy atom. The fraction of sp³-hybridized carbons (Fsp3) is 0.296. The molecule has 6 nitrogen and oxygen atoms in total. The Morgan fingerprint density at radius 1 is 0.971 bits per heavy atom. The van der Waals surface area contributed by atoms with Gasteiger partial charge in [-0.15, -0.1) is 0 Å². The van der Waals surface area contributed by atoms with Crippen LogP contribution in [0.15, 0.2) is 71.6 Å². The van der Waals surface area contributed by atoms with E-state index in [-0.39, 0.29) is 16.9 Å². The van der Waals surface area contributed by atoms with Gasteiger partial charge in [0.05, 0.1) is 17.1 Å². The molecule has 0 saturated heterocycles. The van der Waals surface area contributed by atoms with E-state index in [1.807, 2.05) is 44.2 Å². The molecule has 3 aromatic rings. The molecule has 0 fully saturated rings. The van der Waals surface area contributed by atoms with Crippen molar-refractivity contribution in [3.8, 4) is 5.75 Å². The molecule has 1 atom stereocenters. The largest absolute Gasteiger partial charge is 0.476 e. The van der Waals surface area contributed by atoms with Crippen molar-refractivity contribution in [2.75, 3.05) is 16.2 Å². The first-order valence-electron chi connectivity index (χ1n) is 11.2. The molecule has 7 heteroatoms. The van der Waals surface area contributed by atoms with E-state index in [0.717, 1.165) is 16.7 Å². The van der Waals surface area contributed by atoms with Gasteiger partial charge in [-0.05, 0) is 72.4 Å². The minimum Gasteiger partial charge on any atom is -0.476 e. The molecule has 0 radical (unpaired) electrons. The fourth-order valence-corrected chi connectivity index (χ4v) is 5.56. The topological polar surface area (TPSA) is 75.7 Å². The van der Waals surface area contributed by atoms with Crippen molar-refractivity contribution in [3.05, 3.63) is 83.4 Å². The lowest BCUT2D eigenvalue weighted by Gasteiger charge is -2.36. The highest BCUT2D eigenvalue weighted by molar-refractivity contribution is 7.92. The number of ether oxygens (including phenoxy) is 1. The Morgan fingerprint density at radius 3 is 2.24 bits per heavy atom. The zero-order valence-electron chi connectivity index (χ0n) is 20.1. The first kappa shape index (κ1) is 23.8. The highest BCUT2D eigenvalue weighted by Gasteiger charge is 2.38. The van der Waals surface area contributed by atoms with Crippen molar-refractivity contribution in [2.24, 2.45) is 0 Å². The number of nitrogens with one attached hydrogen (secondary N) is 1. The summed E-state index contributed by atoms with van der Waals surface area (Å²) in [5, 5.41) is 2.89. The van der Waals surface area contributed by atoms with Crippen LogP contribution in [0.2, 0.25) is 0 Å². The van der Waals surface area contributed by atoms with E-state index < -0.39 is 22.0 Å². The van der Waals surface area contributed by atoms with Gasteiger partial charge in [-0.1, -0.05) is 51.1 Å². The van der Waals surface area contributed by atoms with Crippen LogP contribution in [-0.2, 0) is 20.2 Å². The predicted molar refractivity (Wildman–Crippen MR) is 135 cm³/mol. The van der Waals surface area contributed by atoms with Crippen LogP contribution < -0.4 is 14.4 Å². The monoisotopic (exact) mass is 478 g/mol. The molecule has 3 aromatic carbocycles. The van der Waals surface area contributed by atoms with E-state index in [0.29, 0.717) is 17.1 Å². The van der Waals surface area contributed by atoms with E-state index in [1.165, 1.54) is 4.31 Å². The number of rotatable bonds is 4. The number of hydrogen-bond donors (Lipinski definition) is 1. The average molecular weight is 479 g/mol. The van der Waals surface area contributed by atoms with Crippen LogP contribution in [0, 0.1) is 13.8 Å². The molecule has 4 rings (SSSR count). The second-order valence-electron chi connectivity index (χ2n) is 9.75. The molecular formula is C27H30N2O4S. The Balaban J connectivity index is 1.74. The maximum absolute atomic E-state index is 13.7. The quantitative estimate of drug-likeness (QED) is 0.560. The number of carbonyl (C=O) groups excluding carboxylic acids is 1. The highest BCUT2D eigenvalue weighted by Crippen LogP contribution is 2.40. The summed E-state index contributed by atoms with van der Waals surface area (Å²) in [4.78, 5) is 13.3. The van der Waals surface area contributed by atoms with Crippen molar-refractivity contribution in [2.45, 2.75) is 51.0 Å². The molecule has 0 saturated carbocycles.